The van der Waals surface area contributed by atoms with E-state index < -0.39 is 12.0 Å². The summed E-state index contributed by atoms with van der Waals surface area (Å²) in [6.07, 6.45) is 0. The van der Waals surface area contributed by atoms with E-state index in [9.17, 15) is 8.78 Å². The Hall–Kier alpha value is -0.180. The summed E-state index contributed by atoms with van der Waals surface area (Å²) in [5, 5.41) is 2.45. The van der Waals surface area contributed by atoms with Gasteiger partial charge < -0.3 is 5.32 Å². The van der Waals surface area contributed by atoms with Gasteiger partial charge >= 0.3 is 0 Å². The Kier molecular flexibility index (Phi) is 2.34. The van der Waals surface area contributed by atoms with Crippen molar-refractivity contribution in [3.05, 3.63) is 0 Å². The van der Waals surface area contributed by atoms with Gasteiger partial charge in [-0.2, -0.15) is 0 Å². The maximum atomic E-state index is 12.1. The molecule has 1 atom stereocenters. The molecule has 0 amide bonds. The molecule has 0 saturated carbocycles. The molecule has 8 heavy (non-hydrogen) atoms. The monoisotopic (exact) mass is 123 g/mol. The summed E-state index contributed by atoms with van der Waals surface area (Å²) < 4.78 is 24.1. The van der Waals surface area contributed by atoms with E-state index in [1.807, 2.05) is 0 Å². The van der Waals surface area contributed by atoms with Crippen molar-refractivity contribution >= 4 is 0 Å². The van der Waals surface area contributed by atoms with Crippen molar-refractivity contribution in [2.24, 2.45) is 0 Å². The molecule has 3 heteroatoms. The molecule has 0 saturated heterocycles. The van der Waals surface area contributed by atoms with Crippen LogP contribution in [0, 0.1) is 0 Å². The normalized spacial score (nSPS) is 16.1. The van der Waals surface area contributed by atoms with Gasteiger partial charge in [-0.3, -0.25) is 0 Å². The zero-order valence-corrected chi connectivity index (χ0v) is 5.33. The third-order valence-corrected chi connectivity index (χ3v) is 1.19. The molecule has 50 valence electrons. The van der Waals surface area contributed by atoms with Crippen LogP contribution >= 0.6 is 0 Å². The summed E-state index contributed by atoms with van der Waals surface area (Å²) in [4.78, 5) is 0. The highest BCUT2D eigenvalue weighted by atomic mass is 19.3. The number of alkyl halides is 2. The largest absolute Gasteiger partial charge is 0.312 e. The lowest BCUT2D eigenvalue weighted by Gasteiger charge is -2.17. The Balaban J connectivity index is 3.62. The van der Waals surface area contributed by atoms with Crippen LogP contribution in [-0.2, 0) is 0 Å². The van der Waals surface area contributed by atoms with E-state index in [1.165, 1.54) is 14.0 Å². The molecule has 0 radical (unpaired) electrons. The molecule has 0 aromatic carbocycles. The second kappa shape index (κ2) is 2.40. The first kappa shape index (κ1) is 7.82. The van der Waals surface area contributed by atoms with Crippen LogP contribution in [0.1, 0.15) is 13.8 Å². The molecule has 1 N–H and O–H groups in total. The average Bonchev–Trinajstić information content (AvgIpc) is 1.62. The zero-order valence-electron chi connectivity index (χ0n) is 5.33. The maximum absolute atomic E-state index is 12.1. The summed E-state index contributed by atoms with van der Waals surface area (Å²) in [5.41, 5.74) is 0. The van der Waals surface area contributed by atoms with Gasteiger partial charge in [-0.15, -0.1) is 0 Å². The quantitative estimate of drug-likeness (QED) is 0.582. The Labute approximate surface area is 48.1 Å². The Bertz CT molecular complexity index is 67.3. The van der Waals surface area contributed by atoms with Crippen LogP contribution in [-0.4, -0.2) is 19.0 Å². The zero-order chi connectivity index (χ0) is 6.78. The minimum absolute atomic E-state index is 0.734. The lowest BCUT2D eigenvalue weighted by atomic mass is 10.2. The third-order valence-electron chi connectivity index (χ3n) is 1.19. The van der Waals surface area contributed by atoms with Crippen molar-refractivity contribution in [2.75, 3.05) is 7.05 Å². The average molecular weight is 123 g/mol. The van der Waals surface area contributed by atoms with Gasteiger partial charge in [0.2, 0.25) is 0 Å². The summed E-state index contributed by atoms with van der Waals surface area (Å²) in [6.45, 7) is 2.34. The Morgan fingerprint density at radius 2 is 1.88 bits per heavy atom. The molecule has 0 aromatic rings. The van der Waals surface area contributed by atoms with Crippen molar-refractivity contribution in [3.63, 3.8) is 0 Å². The van der Waals surface area contributed by atoms with Gasteiger partial charge in [0.25, 0.3) is 5.92 Å². The lowest BCUT2D eigenvalue weighted by Crippen LogP contribution is -2.37. The fourth-order valence-electron chi connectivity index (χ4n) is 0.253. The minimum atomic E-state index is -2.60. The Morgan fingerprint density at radius 3 is 1.88 bits per heavy atom. The van der Waals surface area contributed by atoms with Crippen LogP contribution < -0.4 is 5.32 Å². The van der Waals surface area contributed by atoms with E-state index in [2.05, 4.69) is 5.32 Å². The van der Waals surface area contributed by atoms with Crippen molar-refractivity contribution < 1.29 is 8.78 Å². The van der Waals surface area contributed by atoms with Crippen LogP contribution in [0.2, 0.25) is 0 Å². The number of hydrogen-bond donors (Lipinski definition) is 1. The minimum Gasteiger partial charge on any atom is -0.312 e. The summed E-state index contributed by atoms with van der Waals surface area (Å²) in [5.74, 6) is -2.60. The van der Waals surface area contributed by atoms with Crippen LogP contribution in [0.5, 0.6) is 0 Å². The van der Waals surface area contributed by atoms with Crippen LogP contribution in [0.25, 0.3) is 0 Å². The van der Waals surface area contributed by atoms with Gasteiger partial charge in [-0.1, -0.05) is 0 Å². The van der Waals surface area contributed by atoms with Crippen molar-refractivity contribution in [1.82, 2.24) is 5.32 Å². The van der Waals surface area contributed by atoms with Crippen LogP contribution in [0.15, 0.2) is 0 Å². The SMILES string of the molecule is CN[C@H](C)C(C)(F)F. The third kappa shape index (κ3) is 2.21. The summed E-state index contributed by atoms with van der Waals surface area (Å²) in [7, 11) is 1.52. The predicted octanol–water partition coefficient (Wildman–Crippen LogP) is 1.25. The van der Waals surface area contributed by atoms with Crippen molar-refractivity contribution in [3.8, 4) is 0 Å². The van der Waals surface area contributed by atoms with Gasteiger partial charge in [0.05, 0.1) is 6.04 Å². The highest BCUT2D eigenvalue weighted by Gasteiger charge is 2.28. The summed E-state index contributed by atoms with van der Waals surface area (Å²) >= 11 is 0. The van der Waals surface area contributed by atoms with Crippen LogP contribution in [0.4, 0.5) is 8.78 Å². The number of hydrogen-bond acceptors (Lipinski definition) is 1. The fraction of sp³-hybridized carbons (Fsp3) is 1.00. The number of halogens is 2. The molecular weight excluding hydrogens is 112 g/mol. The molecule has 0 bridgehead atoms. The molecule has 0 heterocycles. The number of rotatable bonds is 2. The second-order valence-corrected chi connectivity index (χ2v) is 1.97. The van der Waals surface area contributed by atoms with E-state index >= 15 is 0 Å². The highest BCUT2D eigenvalue weighted by Crippen LogP contribution is 2.15. The molecule has 0 spiro atoms. The predicted molar refractivity (Wildman–Crippen MR) is 29.1 cm³/mol. The Morgan fingerprint density at radius 1 is 1.50 bits per heavy atom. The molecule has 1 nitrogen and oxygen atoms in total. The molecule has 0 aliphatic rings. The van der Waals surface area contributed by atoms with E-state index in [4.69, 9.17) is 0 Å². The smallest absolute Gasteiger partial charge is 0.260 e. The molecular formula is C5H11F2N. The van der Waals surface area contributed by atoms with Crippen molar-refractivity contribution in [1.29, 1.82) is 0 Å². The van der Waals surface area contributed by atoms with E-state index in [0.717, 1.165) is 6.92 Å². The fourth-order valence-corrected chi connectivity index (χ4v) is 0.253. The molecule has 0 fully saturated rings. The van der Waals surface area contributed by atoms with Gasteiger partial charge in [-0.25, -0.2) is 8.78 Å². The van der Waals surface area contributed by atoms with Gasteiger partial charge in [0.1, 0.15) is 0 Å². The van der Waals surface area contributed by atoms with E-state index in [-0.39, 0.29) is 0 Å². The highest BCUT2D eigenvalue weighted by molar-refractivity contribution is 4.71. The summed E-state index contributed by atoms with van der Waals surface area (Å²) in [6, 6.07) is -0.734. The van der Waals surface area contributed by atoms with Gasteiger partial charge in [0.15, 0.2) is 0 Å². The molecule has 0 aliphatic heterocycles. The molecule has 0 aliphatic carbocycles. The second-order valence-electron chi connectivity index (χ2n) is 1.97. The number of nitrogens with one attached hydrogen (secondary N) is 1. The van der Waals surface area contributed by atoms with E-state index in [0.29, 0.717) is 0 Å². The van der Waals surface area contributed by atoms with Crippen LogP contribution in [0.3, 0.4) is 0 Å². The molecule has 0 aromatic heterocycles. The topological polar surface area (TPSA) is 12.0 Å². The first-order chi connectivity index (χ1) is 3.48. The standard InChI is InChI=1S/C5H11F2N/c1-4(8-3)5(2,6)7/h4,8H,1-3H3/t4-/m1/s1. The maximum Gasteiger partial charge on any atom is 0.260 e. The van der Waals surface area contributed by atoms with E-state index in [1.54, 1.807) is 0 Å². The first-order valence-electron chi connectivity index (χ1n) is 2.53. The van der Waals surface area contributed by atoms with Gasteiger partial charge in [0, 0.05) is 6.92 Å². The first-order valence-corrected chi connectivity index (χ1v) is 2.53. The van der Waals surface area contributed by atoms with Crippen molar-refractivity contribution in [2.45, 2.75) is 25.8 Å². The molecule has 0 rings (SSSR count). The lowest BCUT2D eigenvalue weighted by molar-refractivity contribution is -0.00956. The molecule has 0 unspecified atom stereocenters. The van der Waals surface area contributed by atoms with Gasteiger partial charge in [-0.05, 0) is 14.0 Å².